The average Bonchev–Trinajstić information content (AvgIpc) is 3.69. The zero-order chi connectivity index (χ0) is 31.3. The fourth-order valence-corrected chi connectivity index (χ4v) is 6.10. The zero-order valence-corrected chi connectivity index (χ0v) is 25.4. The second-order valence-electron chi connectivity index (χ2n) is 11.2. The second kappa shape index (κ2) is 11.6. The first-order valence-electron chi connectivity index (χ1n) is 14.2. The molecule has 4 heterocycles. The number of phenols is 1. The van der Waals surface area contributed by atoms with Gasteiger partial charge >= 0.3 is 6.01 Å². The molecule has 44 heavy (non-hydrogen) atoms. The lowest BCUT2D eigenvalue weighted by molar-refractivity contribution is -0.127. The molecule has 0 radical (unpaired) electrons. The Labute approximate surface area is 257 Å². The van der Waals surface area contributed by atoms with Crippen LogP contribution >= 0.6 is 11.6 Å². The second-order valence-corrected chi connectivity index (χ2v) is 11.6. The van der Waals surface area contributed by atoms with Crippen LogP contribution in [0.25, 0.3) is 28.2 Å². The summed E-state index contributed by atoms with van der Waals surface area (Å²) in [5.74, 6) is -1.46. The standard InChI is InChI=1S/C31H30ClF2N7O3/c1-15-9-18(37-16(2)36-15)10-24(33)30(43)41-8-7-19(14-41)40(3)29-22-13-35-27(26(34)28(22)38-31(39-29)44-4)21-11-20(42)12-23(32)25(21)17-5-6-17/h9-13,17,19,42H,5-8,14H2,1-4H3/b24-10-/t19-/m1/s1. The maximum Gasteiger partial charge on any atom is 0.318 e. The number of benzene rings is 1. The molecule has 4 aromatic rings. The van der Waals surface area contributed by atoms with Gasteiger partial charge in [-0.05, 0) is 62.8 Å². The van der Waals surface area contributed by atoms with Crippen LogP contribution in [0.5, 0.6) is 11.8 Å². The van der Waals surface area contributed by atoms with Crippen molar-refractivity contribution in [3.63, 3.8) is 0 Å². The topological polar surface area (TPSA) is 117 Å². The lowest BCUT2D eigenvalue weighted by atomic mass is 9.98. The minimum absolute atomic E-state index is 0.0137. The number of pyridine rings is 1. The van der Waals surface area contributed by atoms with Crippen molar-refractivity contribution in [3.05, 3.63) is 63.8 Å². The maximum absolute atomic E-state index is 16.2. The monoisotopic (exact) mass is 621 g/mol. The number of ether oxygens (including phenoxy) is 1. The molecule has 6 rings (SSSR count). The van der Waals surface area contributed by atoms with Crippen LogP contribution < -0.4 is 9.64 Å². The molecule has 3 aromatic heterocycles. The predicted octanol–water partition coefficient (Wildman–Crippen LogP) is 5.53. The van der Waals surface area contributed by atoms with Crippen molar-refractivity contribution in [2.24, 2.45) is 0 Å². The molecule has 1 saturated heterocycles. The van der Waals surface area contributed by atoms with Crippen molar-refractivity contribution in [1.82, 2.24) is 29.8 Å². The van der Waals surface area contributed by atoms with E-state index in [9.17, 15) is 14.3 Å². The third-order valence-electron chi connectivity index (χ3n) is 7.98. The number of fused-ring (bicyclic) bond motifs is 1. The molecule has 228 valence electrons. The molecule has 10 nitrogen and oxygen atoms in total. The third-order valence-corrected chi connectivity index (χ3v) is 8.29. The molecular formula is C31H30ClF2N7O3. The minimum Gasteiger partial charge on any atom is -0.508 e. The lowest BCUT2D eigenvalue weighted by Crippen LogP contribution is -2.37. The SMILES string of the molecule is COc1nc(N(C)[C@@H]2CCN(C(=O)/C(F)=C/c3cc(C)nc(C)n3)C2)c2cnc(-c3cc(O)cc(Cl)c3C3CC3)c(F)c2n1. The van der Waals surface area contributed by atoms with Gasteiger partial charge in [0.05, 0.1) is 18.2 Å². The first kappa shape index (κ1) is 29.6. The summed E-state index contributed by atoms with van der Waals surface area (Å²) in [6, 6.07) is 4.21. The van der Waals surface area contributed by atoms with Gasteiger partial charge in [0, 0.05) is 54.7 Å². The number of rotatable bonds is 7. The maximum atomic E-state index is 16.2. The highest BCUT2D eigenvalue weighted by Gasteiger charge is 2.34. The Morgan fingerprint density at radius 1 is 1.16 bits per heavy atom. The van der Waals surface area contributed by atoms with Gasteiger partial charge in [0.25, 0.3) is 5.91 Å². The molecule has 1 aromatic carbocycles. The summed E-state index contributed by atoms with van der Waals surface area (Å²) < 4.78 is 36.6. The molecule has 1 saturated carbocycles. The summed E-state index contributed by atoms with van der Waals surface area (Å²) in [5, 5.41) is 10.9. The molecule has 1 N–H and O–H groups in total. The van der Waals surface area contributed by atoms with Crippen LogP contribution in [0.3, 0.4) is 0 Å². The van der Waals surface area contributed by atoms with E-state index in [0.717, 1.165) is 24.5 Å². The molecule has 1 aliphatic carbocycles. The Hall–Kier alpha value is -4.45. The number of carbonyl (C=O) groups is 1. The van der Waals surface area contributed by atoms with Crippen LogP contribution in [0.15, 0.2) is 30.2 Å². The van der Waals surface area contributed by atoms with Gasteiger partial charge in [-0.2, -0.15) is 9.97 Å². The molecule has 1 aliphatic heterocycles. The Kier molecular flexibility index (Phi) is 7.79. The van der Waals surface area contributed by atoms with Crippen molar-refractivity contribution in [3.8, 4) is 23.0 Å². The van der Waals surface area contributed by atoms with Gasteiger partial charge < -0.3 is 19.6 Å². The molecule has 2 aliphatic rings. The summed E-state index contributed by atoms with van der Waals surface area (Å²) in [7, 11) is 3.15. The highest BCUT2D eigenvalue weighted by molar-refractivity contribution is 6.32. The Morgan fingerprint density at radius 3 is 2.64 bits per heavy atom. The highest BCUT2D eigenvalue weighted by Crippen LogP contribution is 2.49. The largest absolute Gasteiger partial charge is 0.508 e. The number of likely N-dealkylation sites (tertiary alicyclic amines) is 1. The van der Waals surface area contributed by atoms with Gasteiger partial charge in [0.15, 0.2) is 11.6 Å². The van der Waals surface area contributed by atoms with Crippen molar-refractivity contribution in [2.45, 2.75) is 45.1 Å². The van der Waals surface area contributed by atoms with Crippen molar-refractivity contribution >= 4 is 40.3 Å². The van der Waals surface area contributed by atoms with E-state index in [0.29, 0.717) is 52.0 Å². The van der Waals surface area contributed by atoms with E-state index in [-0.39, 0.29) is 41.5 Å². The molecule has 1 amide bonds. The number of nitrogens with zero attached hydrogens (tertiary/aromatic N) is 7. The van der Waals surface area contributed by atoms with E-state index in [1.54, 1.807) is 31.9 Å². The van der Waals surface area contributed by atoms with Crippen molar-refractivity contribution in [1.29, 1.82) is 0 Å². The number of phenolic OH excluding ortho intramolecular Hbond substituents is 1. The number of carbonyl (C=O) groups excluding carboxylic acids is 1. The van der Waals surface area contributed by atoms with Crippen LogP contribution in [-0.2, 0) is 4.79 Å². The number of halogens is 3. The Balaban J connectivity index is 1.30. The smallest absolute Gasteiger partial charge is 0.318 e. The molecule has 1 atom stereocenters. The third kappa shape index (κ3) is 5.61. The quantitative estimate of drug-likeness (QED) is 0.266. The predicted molar refractivity (Wildman–Crippen MR) is 162 cm³/mol. The Morgan fingerprint density at radius 2 is 1.93 bits per heavy atom. The van der Waals surface area contributed by atoms with Gasteiger partial charge in [-0.25, -0.2) is 18.7 Å². The molecule has 2 fully saturated rings. The van der Waals surface area contributed by atoms with Gasteiger partial charge in [-0.3, -0.25) is 9.78 Å². The molecule has 13 heteroatoms. The minimum atomic E-state index is -0.920. The van der Waals surface area contributed by atoms with Crippen LogP contribution in [0.1, 0.15) is 48.0 Å². The summed E-state index contributed by atoms with van der Waals surface area (Å²) >= 11 is 6.46. The molecule has 0 unspecified atom stereocenters. The average molecular weight is 622 g/mol. The number of hydrogen-bond acceptors (Lipinski definition) is 9. The first-order chi connectivity index (χ1) is 21.0. The number of aromatic nitrogens is 5. The van der Waals surface area contributed by atoms with E-state index in [2.05, 4.69) is 24.9 Å². The van der Waals surface area contributed by atoms with E-state index in [4.69, 9.17) is 16.3 Å². The molecule has 0 bridgehead atoms. The lowest BCUT2D eigenvalue weighted by Gasteiger charge is -2.27. The number of anilines is 1. The summed E-state index contributed by atoms with van der Waals surface area (Å²) in [6.45, 7) is 4.00. The van der Waals surface area contributed by atoms with E-state index < -0.39 is 17.6 Å². The van der Waals surface area contributed by atoms with Crippen molar-refractivity contribution in [2.75, 3.05) is 32.1 Å². The van der Waals surface area contributed by atoms with Crippen molar-refractivity contribution < 1.29 is 23.4 Å². The number of amides is 1. The van der Waals surface area contributed by atoms with Crippen LogP contribution in [0.2, 0.25) is 5.02 Å². The van der Waals surface area contributed by atoms with Crippen LogP contribution in [0, 0.1) is 19.7 Å². The number of aromatic hydroxyl groups is 1. The number of aryl methyl sites for hydroxylation is 2. The fourth-order valence-electron chi connectivity index (χ4n) is 5.73. The van der Waals surface area contributed by atoms with E-state index >= 15 is 4.39 Å². The van der Waals surface area contributed by atoms with Crippen LogP contribution in [0.4, 0.5) is 14.6 Å². The first-order valence-corrected chi connectivity index (χ1v) is 14.6. The molecule has 0 spiro atoms. The normalized spacial score (nSPS) is 16.9. The van der Waals surface area contributed by atoms with Gasteiger partial charge in [-0.1, -0.05) is 11.6 Å². The van der Waals surface area contributed by atoms with Gasteiger partial charge in [0.1, 0.15) is 28.6 Å². The summed E-state index contributed by atoms with van der Waals surface area (Å²) in [6.07, 6.45) is 4.95. The van der Waals surface area contributed by atoms with Gasteiger partial charge in [-0.15, -0.1) is 0 Å². The van der Waals surface area contributed by atoms with Crippen LogP contribution in [-0.4, -0.2) is 74.1 Å². The van der Waals surface area contributed by atoms with E-state index in [1.807, 2.05) is 0 Å². The number of methoxy groups -OCH3 is 1. The van der Waals surface area contributed by atoms with Gasteiger partial charge in [0.2, 0.25) is 0 Å². The fraction of sp³-hybridized carbons (Fsp3) is 0.355. The van der Waals surface area contributed by atoms with E-state index in [1.165, 1.54) is 30.3 Å². The highest BCUT2D eigenvalue weighted by atomic mass is 35.5. The summed E-state index contributed by atoms with van der Waals surface area (Å²) in [5.41, 5.74) is 2.15. The number of likely N-dealkylation sites (N-methyl/N-ethyl adjacent to an activating group) is 1. The molecular weight excluding hydrogens is 592 g/mol. The zero-order valence-electron chi connectivity index (χ0n) is 24.6. The number of hydrogen-bond donors (Lipinski definition) is 1. The Bertz CT molecular complexity index is 1810. The summed E-state index contributed by atoms with van der Waals surface area (Å²) in [4.78, 5) is 37.8.